The lowest BCUT2D eigenvalue weighted by Crippen LogP contribution is -2.20. The molecule has 1 amide bonds. The van der Waals surface area contributed by atoms with Gasteiger partial charge in [0, 0.05) is 12.2 Å². The first-order chi connectivity index (χ1) is 8.54. The smallest absolute Gasteiger partial charge is 0.338 e. The second kappa shape index (κ2) is 6.67. The Morgan fingerprint density at radius 3 is 2.72 bits per heavy atom. The summed E-state index contributed by atoms with van der Waals surface area (Å²) in [6.07, 6.45) is 0. The van der Waals surface area contributed by atoms with E-state index in [-0.39, 0.29) is 18.9 Å². The molecule has 0 saturated heterocycles. The molecule has 0 bridgehead atoms. The molecule has 0 aromatic heterocycles. The predicted molar refractivity (Wildman–Crippen MR) is 61.9 cm³/mol. The number of carboxylic acids is 1. The molecule has 4 N–H and O–H groups in total. The van der Waals surface area contributed by atoms with Gasteiger partial charge in [0.25, 0.3) is 0 Å². The Bertz CT molecular complexity index is 451. The summed E-state index contributed by atoms with van der Waals surface area (Å²) < 4.78 is 18.2. The molecule has 1 aromatic carbocycles. The zero-order valence-corrected chi connectivity index (χ0v) is 9.48. The summed E-state index contributed by atoms with van der Waals surface area (Å²) in [5, 5.41) is 11.0. The Morgan fingerprint density at radius 1 is 1.44 bits per heavy atom. The maximum absolute atomic E-state index is 13.3. The van der Waals surface area contributed by atoms with Crippen LogP contribution in [0.2, 0.25) is 0 Å². The number of benzene rings is 1. The van der Waals surface area contributed by atoms with Crippen molar-refractivity contribution in [1.29, 1.82) is 0 Å². The minimum atomic E-state index is -1.36. The highest BCUT2D eigenvalue weighted by Crippen LogP contribution is 2.14. The third-order valence-electron chi connectivity index (χ3n) is 1.98. The molecule has 0 aliphatic rings. The summed E-state index contributed by atoms with van der Waals surface area (Å²) in [5.74, 6) is -2.74. The number of anilines is 1. The van der Waals surface area contributed by atoms with Gasteiger partial charge in [0.2, 0.25) is 5.91 Å². The average molecular weight is 256 g/mol. The van der Waals surface area contributed by atoms with Crippen LogP contribution in [-0.2, 0) is 9.53 Å². The number of carbonyl (C=O) groups is 2. The molecule has 0 heterocycles. The summed E-state index contributed by atoms with van der Waals surface area (Å²) >= 11 is 0. The SMILES string of the molecule is NCCOCC(=O)Nc1ccc(C(=O)O)c(F)c1. The van der Waals surface area contributed by atoms with Crippen molar-refractivity contribution in [3.63, 3.8) is 0 Å². The molecule has 0 radical (unpaired) electrons. The van der Waals surface area contributed by atoms with Gasteiger partial charge in [-0.15, -0.1) is 0 Å². The Hall–Kier alpha value is -1.99. The highest BCUT2D eigenvalue weighted by molar-refractivity contribution is 5.93. The zero-order chi connectivity index (χ0) is 13.5. The fraction of sp³-hybridized carbons (Fsp3) is 0.273. The number of carbonyl (C=O) groups excluding carboxylic acids is 1. The number of nitrogens with two attached hydrogens (primary N) is 1. The molecule has 0 atom stereocenters. The van der Waals surface area contributed by atoms with Crippen LogP contribution in [0.1, 0.15) is 10.4 Å². The normalized spacial score (nSPS) is 10.1. The fourth-order valence-electron chi connectivity index (χ4n) is 1.21. The van der Waals surface area contributed by atoms with Crippen molar-refractivity contribution in [2.24, 2.45) is 5.73 Å². The maximum Gasteiger partial charge on any atom is 0.338 e. The van der Waals surface area contributed by atoms with E-state index in [0.29, 0.717) is 6.54 Å². The van der Waals surface area contributed by atoms with E-state index < -0.39 is 23.3 Å². The van der Waals surface area contributed by atoms with Crippen LogP contribution in [0.4, 0.5) is 10.1 Å². The summed E-state index contributed by atoms with van der Waals surface area (Å²) in [6, 6.07) is 3.31. The molecule has 18 heavy (non-hydrogen) atoms. The van der Waals surface area contributed by atoms with Crippen molar-refractivity contribution in [2.75, 3.05) is 25.1 Å². The molecule has 0 unspecified atom stereocenters. The van der Waals surface area contributed by atoms with Crippen LogP contribution in [0, 0.1) is 5.82 Å². The van der Waals surface area contributed by atoms with E-state index in [0.717, 1.165) is 12.1 Å². The van der Waals surface area contributed by atoms with Gasteiger partial charge in [0.05, 0.1) is 12.2 Å². The van der Waals surface area contributed by atoms with Gasteiger partial charge in [-0.1, -0.05) is 0 Å². The molecule has 98 valence electrons. The minimum absolute atomic E-state index is 0.166. The van der Waals surface area contributed by atoms with Crippen molar-refractivity contribution < 1.29 is 23.8 Å². The number of carboxylic acid groups (broad SMARTS) is 1. The second-order valence-corrected chi connectivity index (χ2v) is 3.39. The highest BCUT2D eigenvalue weighted by atomic mass is 19.1. The van der Waals surface area contributed by atoms with E-state index >= 15 is 0 Å². The van der Waals surface area contributed by atoms with E-state index in [1.165, 1.54) is 6.07 Å². The first-order valence-electron chi connectivity index (χ1n) is 5.15. The van der Waals surface area contributed by atoms with Crippen LogP contribution in [0.25, 0.3) is 0 Å². The molecule has 0 aliphatic heterocycles. The van der Waals surface area contributed by atoms with Gasteiger partial charge in [-0.25, -0.2) is 9.18 Å². The molecule has 1 rings (SSSR count). The quantitative estimate of drug-likeness (QED) is 0.641. The van der Waals surface area contributed by atoms with E-state index in [1.807, 2.05) is 0 Å². The van der Waals surface area contributed by atoms with Gasteiger partial charge in [0.1, 0.15) is 12.4 Å². The van der Waals surface area contributed by atoms with Crippen LogP contribution < -0.4 is 11.1 Å². The molecular formula is C11H13FN2O4. The standard InChI is InChI=1S/C11H13FN2O4/c12-9-5-7(1-2-8(9)11(16)17)14-10(15)6-18-4-3-13/h1-2,5H,3-4,6,13H2,(H,14,15)(H,16,17). The number of ether oxygens (including phenoxy) is 1. The Morgan fingerprint density at radius 2 is 2.17 bits per heavy atom. The van der Waals surface area contributed by atoms with Crippen LogP contribution in [0.5, 0.6) is 0 Å². The lowest BCUT2D eigenvalue weighted by atomic mass is 10.2. The van der Waals surface area contributed by atoms with Crippen molar-refractivity contribution >= 4 is 17.6 Å². The van der Waals surface area contributed by atoms with Crippen LogP contribution in [0.3, 0.4) is 0 Å². The van der Waals surface area contributed by atoms with E-state index in [4.69, 9.17) is 15.6 Å². The van der Waals surface area contributed by atoms with Crippen LogP contribution in [-0.4, -0.2) is 36.7 Å². The largest absolute Gasteiger partial charge is 0.478 e. The summed E-state index contributed by atoms with van der Waals surface area (Å²) in [7, 11) is 0. The topological polar surface area (TPSA) is 102 Å². The highest BCUT2D eigenvalue weighted by Gasteiger charge is 2.11. The fourth-order valence-corrected chi connectivity index (χ4v) is 1.21. The van der Waals surface area contributed by atoms with E-state index in [1.54, 1.807) is 0 Å². The lowest BCUT2D eigenvalue weighted by molar-refractivity contribution is -0.120. The summed E-state index contributed by atoms with van der Waals surface area (Å²) in [4.78, 5) is 21.9. The van der Waals surface area contributed by atoms with Crippen molar-refractivity contribution in [3.05, 3.63) is 29.6 Å². The minimum Gasteiger partial charge on any atom is -0.478 e. The van der Waals surface area contributed by atoms with E-state index in [2.05, 4.69) is 5.32 Å². The lowest BCUT2D eigenvalue weighted by Gasteiger charge is -2.06. The third-order valence-corrected chi connectivity index (χ3v) is 1.98. The first-order valence-corrected chi connectivity index (χ1v) is 5.15. The zero-order valence-electron chi connectivity index (χ0n) is 9.48. The number of nitrogens with one attached hydrogen (secondary N) is 1. The number of hydrogen-bond donors (Lipinski definition) is 3. The maximum atomic E-state index is 13.3. The molecule has 6 nitrogen and oxygen atoms in total. The Balaban J connectivity index is 2.60. The van der Waals surface area contributed by atoms with Crippen molar-refractivity contribution in [1.82, 2.24) is 0 Å². The first kappa shape index (κ1) is 14.1. The molecule has 0 aliphatic carbocycles. The van der Waals surface area contributed by atoms with Gasteiger partial charge in [-0.2, -0.15) is 0 Å². The number of aromatic carboxylic acids is 1. The second-order valence-electron chi connectivity index (χ2n) is 3.39. The van der Waals surface area contributed by atoms with Gasteiger partial charge in [0.15, 0.2) is 0 Å². The Labute approximate surface area is 103 Å². The number of halogens is 1. The Kier molecular flexibility index (Phi) is 5.22. The van der Waals surface area contributed by atoms with Crippen molar-refractivity contribution in [3.8, 4) is 0 Å². The summed E-state index contributed by atoms with van der Waals surface area (Å²) in [6.45, 7) is 0.356. The molecule has 0 fully saturated rings. The molecular weight excluding hydrogens is 243 g/mol. The number of hydrogen-bond acceptors (Lipinski definition) is 4. The third kappa shape index (κ3) is 4.11. The van der Waals surface area contributed by atoms with Crippen LogP contribution in [0.15, 0.2) is 18.2 Å². The van der Waals surface area contributed by atoms with Gasteiger partial charge >= 0.3 is 5.97 Å². The molecule has 0 spiro atoms. The summed E-state index contributed by atoms with van der Waals surface area (Å²) in [5.41, 5.74) is 4.88. The van der Waals surface area contributed by atoms with Crippen LogP contribution >= 0.6 is 0 Å². The monoisotopic (exact) mass is 256 g/mol. The molecule has 0 saturated carbocycles. The van der Waals surface area contributed by atoms with E-state index in [9.17, 15) is 14.0 Å². The molecule has 1 aromatic rings. The molecule has 7 heteroatoms. The van der Waals surface area contributed by atoms with Gasteiger partial charge < -0.3 is 20.9 Å². The van der Waals surface area contributed by atoms with Gasteiger partial charge in [-0.3, -0.25) is 4.79 Å². The number of amides is 1. The average Bonchev–Trinajstić information content (AvgIpc) is 2.28. The predicted octanol–water partition coefficient (Wildman–Crippen LogP) is 0.438. The van der Waals surface area contributed by atoms with Crippen molar-refractivity contribution in [2.45, 2.75) is 0 Å². The number of rotatable bonds is 6. The van der Waals surface area contributed by atoms with Gasteiger partial charge in [-0.05, 0) is 18.2 Å².